The molecule has 32 heavy (non-hydrogen) atoms. The summed E-state index contributed by atoms with van der Waals surface area (Å²) in [4.78, 5) is 23.3. The van der Waals surface area contributed by atoms with Gasteiger partial charge in [0.2, 0.25) is 0 Å². The minimum Gasteiger partial charge on any atom is -0.338 e. The molecule has 6 heteroatoms. The first-order valence-corrected chi connectivity index (χ1v) is 13.4. The Balaban J connectivity index is 1.13. The molecule has 0 spiro atoms. The quantitative estimate of drug-likeness (QED) is 0.538. The predicted molar refractivity (Wildman–Crippen MR) is 132 cm³/mol. The highest BCUT2D eigenvalue weighted by Gasteiger charge is 2.26. The molecule has 2 aliphatic rings. The number of carbonyl (C=O) groups excluding carboxylic acids is 1. The van der Waals surface area contributed by atoms with Gasteiger partial charge in [-0.2, -0.15) is 0 Å². The predicted octanol–water partition coefficient (Wildman–Crippen LogP) is 5.08. The maximum Gasteiger partial charge on any atom is 0.317 e. The van der Waals surface area contributed by atoms with Crippen LogP contribution in [0.2, 0.25) is 0 Å². The first kappa shape index (κ1) is 23.2. The van der Waals surface area contributed by atoms with E-state index in [0.29, 0.717) is 12.0 Å². The third kappa shape index (κ3) is 6.10. The molecule has 2 amide bonds. The number of hydrogen-bond donors (Lipinski definition) is 1. The average molecular weight is 455 g/mol. The normalized spacial score (nSPS) is 19.2. The van der Waals surface area contributed by atoms with Crippen LogP contribution in [0.15, 0.2) is 35.8 Å². The Bertz CT molecular complexity index is 831. The Labute approximate surface area is 197 Å². The highest BCUT2D eigenvalue weighted by atomic mass is 32.1. The van der Waals surface area contributed by atoms with Crippen LogP contribution in [0.25, 0.3) is 0 Å². The monoisotopic (exact) mass is 454 g/mol. The van der Waals surface area contributed by atoms with Crippen molar-refractivity contribution in [2.45, 2.75) is 70.3 Å². The highest BCUT2D eigenvalue weighted by Crippen LogP contribution is 2.28. The van der Waals surface area contributed by atoms with E-state index >= 15 is 0 Å². The van der Waals surface area contributed by atoms with Gasteiger partial charge in [-0.15, -0.1) is 11.3 Å². The van der Waals surface area contributed by atoms with Gasteiger partial charge in [0.05, 0.1) is 11.2 Å². The first-order chi connectivity index (χ1) is 15.7. The van der Waals surface area contributed by atoms with Gasteiger partial charge in [-0.3, -0.25) is 0 Å². The molecule has 4 rings (SSSR count). The summed E-state index contributed by atoms with van der Waals surface area (Å²) in [6, 6.07) is 11.5. The van der Waals surface area contributed by atoms with Gasteiger partial charge in [0.25, 0.3) is 0 Å². The largest absolute Gasteiger partial charge is 0.338 e. The zero-order valence-corrected chi connectivity index (χ0v) is 20.3. The summed E-state index contributed by atoms with van der Waals surface area (Å²) in [6.07, 6.45) is 9.02. The van der Waals surface area contributed by atoms with E-state index in [1.54, 1.807) is 0 Å². The molecule has 5 nitrogen and oxygen atoms in total. The first-order valence-electron chi connectivity index (χ1n) is 12.5. The van der Waals surface area contributed by atoms with Crippen LogP contribution in [-0.2, 0) is 12.8 Å². The fourth-order valence-electron chi connectivity index (χ4n) is 5.25. The fraction of sp³-hybridized carbons (Fsp3) is 0.615. The number of fused-ring (bicyclic) bond motifs is 1. The molecule has 1 N–H and O–H groups in total. The average Bonchev–Trinajstić information content (AvgIpc) is 3.32. The number of amides is 2. The Morgan fingerprint density at radius 1 is 1.16 bits per heavy atom. The number of piperidine rings is 1. The van der Waals surface area contributed by atoms with Gasteiger partial charge in [0, 0.05) is 30.6 Å². The summed E-state index contributed by atoms with van der Waals surface area (Å²) in [6.45, 7) is 7.07. The molecule has 0 radical (unpaired) electrons. The van der Waals surface area contributed by atoms with Crippen LogP contribution in [0.4, 0.5) is 4.79 Å². The van der Waals surface area contributed by atoms with Gasteiger partial charge >= 0.3 is 6.03 Å². The van der Waals surface area contributed by atoms with Crippen LogP contribution in [-0.4, -0.2) is 59.6 Å². The van der Waals surface area contributed by atoms with Crippen molar-refractivity contribution in [3.63, 3.8) is 0 Å². The number of rotatable bonds is 9. The van der Waals surface area contributed by atoms with Crippen LogP contribution in [0.5, 0.6) is 0 Å². The number of hydrogen-bond acceptors (Lipinski definition) is 4. The number of urea groups is 1. The molecule has 1 unspecified atom stereocenters. The van der Waals surface area contributed by atoms with Crippen LogP contribution in [0.3, 0.4) is 0 Å². The number of aryl methyl sites for hydroxylation is 1. The van der Waals surface area contributed by atoms with E-state index < -0.39 is 0 Å². The van der Waals surface area contributed by atoms with Crippen LogP contribution < -0.4 is 5.32 Å². The number of carbonyl (C=O) groups is 1. The maximum atomic E-state index is 12.6. The molecule has 1 saturated heterocycles. The van der Waals surface area contributed by atoms with E-state index in [0.717, 1.165) is 64.7 Å². The summed E-state index contributed by atoms with van der Waals surface area (Å²) in [5.74, 6) is 0.589. The molecule has 2 aromatic rings. The van der Waals surface area contributed by atoms with Gasteiger partial charge in [0.15, 0.2) is 0 Å². The van der Waals surface area contributed by atoms with E-state index in [-0.39, 0.29) is 6.03 Å². The van der Waals surface area contributed by atoms with Crippen molar-refractivity contribution < 1.29 is 4.79 Å². The van der Waals surface area contributed by atoms with E-state index in [1.807, 2.05) is 21.7 Å². The van der Waals surface area contributed by atoms with E-state index in [1.165, 1.54) is 35.5 Å². The number of likely N-dealkylation sites (tertiary alicyclic amines) is 1. The number of aromatic nitrogens is 1. The SMILES string of the molecule is CCCN(CCCCNC(=O)N1CCC(c2ccccc2)CC1)C1CCc2ncsc2C1. The molecule has 1 atom stereocenters. The molecular weight excluding hydrogens is 416 g/mol. The standard InChI is InChI=1S/C26H38N4OS/c1-2-15-29(23-10-11-24-25(19-23)32-20-28-24)16-7-6-14-27-26(31)30-17-12-22(13-18-30)21-8-4-3-5-9-21/h3-5,8-9,20,22-23H,2,6-7,10-19H2,1H3,(H,27,31). The Hall–Kier alpha value is -1.92. The Kier molecular flexibility index (Phi) is 8.57. The smallest absolute Gasteiger partial charge is 0.317 e. The lowest BCUT2D eigenvalue weighted by atomic mass is 9.90. The minimum atomic E-state index is 0.118. The van der Waals surface area contributed by atoms with E-state index in [2.05, 4.69) is 52.5 Å². The van der Waals surface area contributed by atoms with Crippen molar-refractivity contribution in [2.75, 3.05) is 32.7 Å². The molecular formula is C26H38N4OS. The highest BCUT2D eigenvalue weighted by molar-refractivity contribution is 7.09. The maximum absolute atomic E-state index is 12.6. The summed E-state index contributed by atoms with van der Waals surface area (Å²) in [5, 5.41) is 3.16. The molecule has 1 aliphatic heterocycles. The molecule has 1 fully saturated rings. The van der Waals surface area contributed by atoms with E-state index in [9.17, 15) is 4.79 Å². The number of thiazole rings is 1. The van der Waals surface area contributed by atoms with Gasteiger partial charge in [-0.25, -0.2) is 9.78 Å². The molecule has 1 aliphatic carbocycles. The third-order valence-electron chi connectivity index (χ3n) is 7.09. The van der Waals surface area contributed by atoms with Gasteiger partial charge in [-0.1, -0.05) is 37.3 Å². The van der Waals surface area contributed by atoms with Crippen molar-refractivity contribution in [1.82, 2.24) is 20.1 Å². The van der Waals surface area contributed by atoms with Crippen LogP contribution >= 0.6 is 11.3 Å². The van der Waals surface area contributed by atoms with Crippen molar-refractivity contribution in [2.24, 2.45) is 0 Å². The van der Waals surface area contributed by atoms with Gasteiger partial charge in [0.1, 0.15) is 0 Å². The van der Waals surface area contributed by atoms with Crippen molar-refractivity contribution in [3.8, 4) is 0 Å². The van der Waals surface area contributed by atoms with Crippen molar-refractivity contribution >= 4 is 17.4 Å². The Morgan fingerprint density at radius 3 is 2.75 bits per heavy atom. The number of benzene rings is 1. The summed E-state index contributed by atoms with van der Waals surface area (Å²) in [7, 11) is 0. The van der Waals surface area contributed by atoms with Gasteiger partial charge in [-0.05, 0) is 75.9 Å². The second-order valence-electron chi connectivity index (χ2n) is 9.27. The number of nitrogens with one attached hydrogen (secondary N) is 1. The zero-order valence-electron chi connectivity index (χ0n) is 19.5. The second kappa shape index (κ2) is 11.8. The molecule has 2 heterocycles. The van der Waals surface area contributed by atoms with Crippen molar-refractivity contribution in [1.29, 1.82) is 0 Å². The van der Waals surface area contributed by atoms with Crippen LogP contribution in [0.1, 0.15) is 67.5 Å². The number of nitrogens with zero attached hydrogens (tertiary/aromatic N) is 3. The van der Waals surface area contributed by atoms with Crippen LogP contribution in [0, 0.1) is 0 Å². The molecule has 174 valence electrons. The molecule has 1 aromatic carbocycles. The summed E-state index contributed by atoms with van der Waals surface area (Å²) >= 11 is 1.82. The summed E-state index contributed by atoms with van der Waals surface area (Å²) < 4.78 is 0. The lowest BCUT2D eigenvalue weighted by Gasteiger charge is -2.34. The van der Waals surface area contributed by atoms with Crippen molar-refractivity contribution in [3.05, 3.63) is 52.0 Å². The third-order valence-corrected chi connectivity index (χ3v) is 7.99. The molecule has 0 bridgehead atoms. The topological polar surface area (TPSA) is 48.5 Å². The van der Waals surface area contributed by atoms with Gasteiger partial charge < -0.3 is 15.1 Å². The number of unbranched alkanes of at least 4 members (excludes halogenated alkanes) is 1. The lowest BCUT2D eigenvalue weighted by Crippen LogP contribution is -2.44. The van der Waals surface area contributed by atoms with E-state index in [4.69, 9.17) is 0 Å². The molecule has 1 aromatic heterocycles. The zero-order chi connectivity index (χ0) is 22.2. The summed E-state index contributed by atoms with van der Waals surface area (Å²) in [5.41, 5.74) is 4.75. The lowest BCUT2D eigenvalue weighted by molar-refractivity contribution is 0.173. The molecule has 0 saturated carbocycles. The second-order valence-corrected chi connectivity index (χ2v) is 10.2. The Morgan fingerprint density at radius 2 is 1.97 bits per heavy atom. The minimum absolute atomic E-state index is 0.118. The fourth-order valence-corrected chi connectivity index (χ4v) is 6.13.